The monoisotopic (exact) mass is 211 g/mol. The molecule has 2 aliphatic rings. The molecule has 0 bridgehead atoms. The largest absolute Gasteiger partial charge is 0.338 e. The zero-order valence-corrected chi connectivity index (χ0v) is 9.48. The summed E-state index contributed by atoms with van der Waals surface area (Å²) in [7, 11) is 0. The highest BCUT2D eigenvalue weighted by molar-refractivity contribution is 5.84. The molecule has 0 radical (unpaired) electrons. The van der Waals surface area contributed by atoms with Crippen molar-refractivity contribution in [3.05, 3.63) is 0 Å². The molecule has 2 aliphatic heterocycles. The summed E-state index contributed by atoms with van der Waals surface area (Å²) < 4.78 is 0. The average molecular weight is 211 g/mol. The number of piperidine rings is 1. The molecule has 1 atom stereocenters. The summed E-state index contributed by atoms with van der Waals surface area (Å²) in [5.74, 6) is 0.171. The van der Waals surface area contributed by atoms with Crippen LogP contribution < -0.4 is 5.73 Å². The first kappa shape index (κ1) is 10.9. The Morgan fingerprint density at radius 3 is 2.40 bits per heavy atom. The number of carbonyl (C=O) groups excluding carboxylic acids is 1. The number of hydrogen-bond donors (Lipinski definition) is 1. The maximum absolute atomic E-state index is 11.7. The van der Waals surface area contributed by atoms with Gasteiger partial charge >= 0.3 is 0 Å². The lowest BCUT2D eigenvalue weighted by molar-refractivity contribution is -0.131. The number of likely N-dealkylation sites (tertiary alicyclic amines) is 2. The first-order chi connectivity index (χ1) is 7.22. The second kappa shape index (κ2) is 4.49. The molecule has 1 unspecified atom stereocenters. The first-order valence-electron chi connectivity index (χ1n) is 6.00. The van der Waals surface area contributed by atoms with Crippen molar-refractivity contribution in [1.29, 1.82) is 0 Å². The zero-order chi connectivity index (χ0) is 10.8. The lowest BCUT2D eigenvalue weighted by Gasteiger charge is -2.36. The summed E-state index contributed by atoms with van der Waals surface area (Å²) in [4.78, 5) is 16.2. The number of nitrogens with two attached hydrogens (primary N) is 1. The highest BCUT2D eigenvalue weighted by Gasteiger charge is 2.34. The van der Waals surface area contributed by atoms with Crippen molar-refractivity contribution in [2.24, 2.45) is 5.73 Å². The number of amides is 1. The molecule has 2 saturated heterocycles. The molecule has 15 heavy (non-hydrogen) atoms. The van der Waals surface area contributed by atoms with Crippen LogP contribution in [-0.2, 0) is 4.79 Å². The number of rotatable bonds is 2. The van der Waals surface area contributed by atoms with Gasteiger partial charge in [-0.3, -0.25) is 4.79 Å². The van der Waals surface area contributed by atoms with E-state index in [2.05, 4.69) is 11.8 Å². The van der Waals surface area contributed by atoms with Crippen LogP contribution in [0.15, 0.2) is 0 Å². The lowest BCUT2D eigenvalue weighted by Crippen LogP contribution is -2.47. The fraction of sp³-hybridized carbons (Fsp3) is 0.909. The summed E-state index contributed by atoms with van der Waals surface area (Å²) in [5, 5.41) is 0. The number of carbonyl (C=O) groups is 1. The minimum Gasteiger partial charge on any atom is -0.338 e. The van der Waals surface area contributed by atoms with Crippen LogP contribution in [0.4, 0.5) is 0 Å². The Morgan fingerprint density at radius 1 is 1.27 bits per heavy atom. The second-order valence-corrected chi connectivity index (χ2v) is 4.59. The van der Waals surface area contributed by atoms with Gasteiger partial charge in [-0.15, -0.1) is 0 Å². The Balaban J connectivity index is 1.88. The third-order valence-corrected chi connectivity index (χ3v) is 3.73. The zero-order valence-electron chi connectivity index (χ0n) is 9.48. The van der Waals surface area contributed by atoms with Crippen LogP contribution in [0, 0.1) is 0 Å². The molecule has 2 N–H and O–H groups in total. The Labute approximate surface area is 91.4 Å². The van der Waals surface area contributed by atoms with Gasteiger partial charge in [0.1, 0.15) is 0 Å². The molecule has 1 amide bonds. The minimum atomic E-state index is -0.228. The van der Waals surface area contributed by atoms with Crippen molar-refractivity contribution in [3.63, 3.8) is 0 Å². The Bertz CT molecular complexity index is 236. The number of hydrogen-bond acceptors (Lipinski definition) is 3. The predicted octanol–water partition coefficient (Wildman–Crippen LogP) is 0.0303. The molecular formula is C11H21N3O. The van der Waals surface area contributed by atoms with Gasteiger partial charge in [-0.05, 0) is 25.8 Å². The van der Waals surface area contributed by atoms with Crippen LogP contribution in [0.3, 0.4) is 0 Å². The SMILES string of the molecule is CCN1CCC(N2CCC(N)C2=O)CC1. The van der Waals surface area contributed by atoms with Gasteiger partial charge in [0.25, 0.3) is 0 Å². The third-order valence-electron chi connectivity index (χ3n) is 3.73. The minimum absolute atomic E-state index is 0.171. The van der Waals surface area contributed by atoms with Crippen LogP contribution in [-0.4, -0.2) is 54.0 Å². The van der Waals surface area contributed by atoms with E-state index in [9.17, 15) is 4.79 Å². The van der Waals surface area contributed by atoms with Crippen LogP contribution >= 0.6 is 0 Å². The maximum atomic E-state index is 11.7. The van der Waals surface area contributed by atoms with Gasteiger partial charge in [0.2, 0.25) is 5.91 Å². The van der Waals surface area contributed by atoms with Gasteiger partial charge in [-0.2, -0.15) is 0 Å². The van der Waals surface area contributed by atoms with Gasteiger partial charge in [-0.1, -0.05) is 6.92 Å². The highest BCUT2D eigenvalue weighted by Crippen LogP contribution is 2.21. The number of nitrogens with zero attached hydrogens (tertiary/aromatic N) is 2. The smallest absolute Gasteiger partial charge is 0.239 e. The highest BCUT2D eigenvalue weighted by atomic mass is 16.2. The molecule has 86 valence electrons. The summed E-state index contributed by atoms with van der Waals surface area (Å²) in [6, 6.07) is 0.225. The van der Waals surface area contributed by atoms with Crippen LogP contribution in [0.5, 0.6) is 0 Å². The fourth-order valence-electron chi connectivity index (χ4n) is 2.63. The van der Waals surface area contributed by atoms with Gasteiger partial charge < -0.3 is 15.5 Å². The van der Waals surface area contributed by atoms with Crippen molar-refractivity contribution < 1.29 is 4.79 Å². The van der Waals surface area contributed by atoms with E-state index in [-0.39, 0.29) is 11.9 Å². The maximum Gasteiger partial charge on any atom is 0.239 e. The molecule has 2 rings (SSSR count). The third kappa shape index (κ3) is 2.16. The van der Waals surface area contributed by atoms with Crippen molar-refractivity contribution in [2.75, 3.05) is 26.2 Å². The molecule has 0 saturated carbocycles. The first-order valence-corrected chi connectivity index (χ1v) is 6.00. The molecule has 0 aliphatic carbocycles. The molecule has 0 aromatic rings. The van der Waals surface area contributed by atoms with Crippen LogP contribution in [0.2, 0.25) is 0 Å². The Hall–Kier alpha value is -0.610. The van der Waals surface area contributed by atoms with E-state index in [1.165, 1.54) is 0 Å². The standard InChI is InChI=1S/C11H21N3O/c1-2-13-6-3-9(4-7-13)14-8-5-10(12)11(14)15/h9-10H,2-8,12H2,1H3. The second-order valence-electron chi connectivity index (χ2n) is 4.59. The van der Waals surface area contributed by atoms with E-state index >= 15 is 0 Å². The van der Waals surface area contributed by atoms with Gasteiger partial charge in [0, 0.05) is 25.7 Å². The summed E-state index contributed by atoms with van der Waals surface area (Å²) >= 11 is 0. The average Bonchev–Trinajstić information content (AvgIpc) is 2.60. The van der Waals surface area contributed by atoms with Gasteiger partial charge in [0.15, 0.2) is 0 Å². The summed E-state index contributed by atoms with van der Waals surface area (Å²) in [6.07, 6.45) is 3.07. The van der Waals surface area contributed by atoms with E-state index in [1.54, 1.807) is 0 Å². The molecule has 0 aromatic heterocycles. The van der Waals surface area contributed by atoms with E-state index in [4.69, 9.17) is 5.73 Å². The Morgan fingerprint density at radius 2 is 1.93 bits per heavy atom. The quantitative estimate of drug-likeness (QED) is 0.701. The van der Waals surface area contributed by atoms with Crippen molar-refractivity contribution >= 4 is 5.91 Å². The molecule has 4 heteroatoms. The Kier molecular flexibility index (Phi) is 3.26. The summed E-state index contributed by atoms with van der Waals surface area (Å²) in [5.41, 5.74) is 5.73. The van der Waals surface area contributed by atoms with Gasteiger partial charge in [0.05, 0.1) is 6.04 Å². The molecule has 2 heterocycles. The normalized spacial score (nSPS) is 30.1. The lowest BCUT2D eigenvalue weighted by atomic mass is 10.0. The molecular weight excluding hydrogens is 190 g/mol. The topological polar surface area (TPSA) is 49.6 Å². The van der Waals surface area contributed by atoms with E-state index < -0.39 is 0 Å². The van der Waals surface area contributed by atoms with Gasteiger partial charge in [-0.25, -0.2) is 0 Å². The van der Waals surface area contributed by atoms with Crippen LogP contribution in [0.1, 0.15) is 26.2 Å². The van der Waals surface area contributed by atoms with E-state index in [0.29, 0.717) is 6.04 Å². The van der Waals surface area contributed by atoms with Crippen molar-refractivity contribution in [3.8, 4) is 0 Å². The molecule has 2 fully saturated rings. The molecule has 4 nitrogen and oxygen atoms in total. The van der Waals surface area contributed by atoms with E-state index in [1.807, 2.05) is 4.90 Å². The predicted molar refractivity (Wildman–Crippen MR) is 59.4 cm³/mol. The van der Waals surface area contributed by atoms with Crippen molar-refractivity contribution in [1.82, 2.24) is 9.80 Å². The molecule has 0 aromatic carbocycles. The van der Waals surface area contributed by atoms with E-state index in [0.717, 1.165) is 45.4 Å². The van der Waals surface area contributed by atoms with Crippen molar-refractivity contribution in [2.45, 2.75) is 38.3 Å². The summed E-state index contributed by atoms with van der Waals surface area (Å²) in [6.45, 7) is 6.44. The fourth-order valence-corrected chi connectivity index (χ4v) is 2.63. The van der Waals surface area contributed by atoms with Crippen LogP contribution in [0.25, 0.3) is 0 Å². The molecule has 0 spiro atoms.